The average molecular weight is 315 g/mol. The smallest absolute Gasteiger partial charge is 0.303 e. The summed E-state index contributed by atoms with van der Waals surface area (Å²) >= 11 is 0. The summed E-state index contributed by atoms with van der Waals surface area (Å²) in [4.78, 5) is 24.2. The SMILES string of the molecule is CCc1ccc(-c2ccc(C(=O)N(C)CCCC(=O)O)o2)cc1. The Morgan fingerprint density at radius 2 is 1.83 bits per heavy atom. The van der Waals surface area contributed by atoms with E-state index in [4.69, 9.17) is 9.52 Å². The van der Waals surface area contributed by atoms with Gasteiger partial charge in [0.25, 0.3) is 5.91 Å². The lowest BCUT2D eigenvalue weighted by molar-refractivity contribution is -0.137. The highest BCUT2D eigenvalue weighted by atomic mass is 16.4. The molecule has 1 N–H and O–H groups in total. The molecule has 5 nitrogen and oxygen atoms in total. The van der Waals surface area contributed by atoms with Crippen molar-refractivity contribution in [3.8, 4) is 11.3 Å². The molecule has 0 atom stereocenters. The van der Waals surface area contributed by atoms with Crippen LogP contribution in [0.15, 0.2) is 40.8 Å². The lowest BCUT2D eigenvalue weighted by Gasteiger charge is -2.14. The van der Waals surface area contributed by atoms with Crippen LogP contribution in [0.25, 0.3) is 11.3 Å². The number of carboxylic acid groups (broad SMARTS) is 1. The Morgan fingerprint density at radius 3 is 2.43 bits per heavy atom. The first-order valence-corrected chi connectivity index (χ1v) is 7.67. The van der Waals surface area contributed by atoms with Crippen LogP contribution < -0.4 is 0 Å². The molecule has 23 heavy (non-hydrogen) atoms. The highest BCUT2D eigenvalue weighted by Gasteiger charge is 2.16. The zero-order chi connectivity index (χ0) is 16.8. The van der Waals surface area contributed by atoms with Gasteiger partial charge in [0.15, 0.2) is 5.76 Å². The maximum Gasteiger partial charge on any atom is 0.303 e. The van der Waals surface area contributed by atoms with E-state index in [1.165, 1.54) is 10.5 Å². The summed E-state index contributed by atoms with van der Waals surface area (Å²) in [5.74, 6) is -0.194. The molecule has 0 aliphatic heterocycles. The van der Waals surface area contributed by atoms with E-state index in [-0.39, 0.29) is 18.1 Å². The van der Waals surface area contributed by atoms with Gasteiger partial charge in [-0.2, -0.15) is 0 Å². The molecule has 1 aromatic heterocycles. The van der Waals surface area contributed by atoms with Gasteiger partial charge in [0, 0.05) is 25.6 Å². The molecule has 2 aromatic rings. The fourth-order valence-electron chi connectivity index (χ4n) is 2.27. The minimum Gasteiger partial charge on any atom is -0.481 e. The summed E-state index contributed by atoms with van der Waals surface area (Å²) in [5, 5.41) is 8.63. The number of amides is 1. The van der Waals surface area contributed by atoms with Crippen molar-refractivity contribution in [2.75, 3.05) is 13.6 Å². The average Bonchev–Trinajstić information content (AvgIpc) is 3.03. The molecule has 1 aromatic carbocycles. The summed E-state index contributed by atoms with van der Waals surface area (Å²) in [6.07, 6.45) is 1.44. The Hall–Kier alpha value is -2.56. The number of rotatable bonds is 7. The summed E-state index contributed by atoms with van der Waals surface area (Å²) < 4.78 is 5.65. The molecular weight excluding hydrogens is 294 g/mol. The molecular formula is C18H21NO4. The van der Waals surface area contributed by atoms with Crippen LogP contribution in [-0.4, -0.2) is 35.5 Å². The van der Waals surface area contributed by atoms with Crippen molar-refractivity contribution in [1.29, 1.82) is 0 Å². The van der Waals surface area contributed by atoms with Crippen LogP contribution in [0.4, 0.5) is 0 Å². The number of carboxylic acids is 1. The maximum absolute atomic E-state index is 12.3. The van der Waals surface area contributed by atoms with E-state index < -0.39 is 5.97 Å². The van der Waals surface area contributed by atoms with Crippen molar-refractivity contribution in [3.63, 3.8) is 0 Å². The van der Waals surface area contributed by atoms with Gasteiger partial charge in [-0.05, 0) is 30.5 Å². The second-order valence-electron chi connectivity index (χ2n) is 5.44. The quantitative estimate of drug-likeness (QED) is 0.849. The normalized spacial score (nSPS) is 10.5. The van der Waals surface area contributed by atoms with Crippen LogP contribution >= 0.6 is 0 Å². The molecule has 0 saturated carbocycles. The zero-order valence-corrected chi connectivity index (χ0v) is 13.4. The third kappa shape index (κ3) is 4.45. The predicted molar refractivity (Wildman–Crippen MR) is 87.4 cm³/mol. The van der Waals surface area contributed by atoms with Crippen LogP contribution in [0.2, 0.25) is 0 Å². The van der Waals surface area contributed by atoms with Gasteiger partial charge >= 0.3 is 5.97 Å². The van der Waals surface area contributed by atoms with E-state index in [1.54, 1.807) is 19.2 Å². The number of hydrogen-bond acceptors (Lipinski definition) is 3. The standard InChI is InChI=1S/C18H21NO4/c1-3-13-6-8-14(9-7-13)15-10-11-16(23-15)18(22)19(2)12-4-5-17(20)21/h6-11H,3-5,12H2,1-2H3,(H,20,21). The Balaban J connectivity index is 2.02. The summed E-state index contributed by atoms with van der Waals surface area (Å²) in [5.41, 5.74) is 2.17. The molecule has 0 radical (unpaired) electrons. The lowest BCUT2D eigenvalue weighted by Crippen LogP contribution is -2.27. The van der Waals surface area contributed by atoms with E-state index in [2.05, 4.69) is 6.92 Å². The maximum atomic E-state index is 12.3. The highest BCUT2D eigenvalue weighted by molar-refractivity contribution is 5.92. The van der Waals surface area contributed by atoms with Gasteiger partial charge in [0.05, 0.1) is 0 Å². The highest BCUT2D eigenvalue weighted by Crippen LogP contribution is 2.23. The molecule has 1 heterocycles. The minimum atomic E-state index is -0.860. The van der Waals surface area contributed by atoms with Gasteiger partial charge in [0.1, 0.15) is 5.76 Å². The van der Waals surface area contributed by atoms with Crippen LogP contribution in [0, 0.1) is 0 Å². The Bertz CT molecular complexity index is 673. The lowest BCUT2D eigenvalue weighted by atomic mass is 10.1. The Labute approximate surface area is 135 Å². The number of carbonyl (C=O) groups excluding carboxylic acids is 1. The van der Waals surface area contributed by atoms with Gasteiger partial charge in [0.2, 0.25) is 0 Å². The molecule has 0 aliphatic rings. The van der Waals surface area contributed by atoms with Gasteiger partial charge < -0.3 is 14.4 Å². The third-order valence-electron chi connectivity index (χ3n) is 3.69. The third-order valence-corrected chi connectivity index (χ3v) is 3.69. The van der Waals surface area contributed by atoms with Crippen LogP contribution in [0.5, 0.6) is 0 Å². The van der Waals surface area contributed by atoms with Crippen molar-refractivity contribution in [1.82, 2.24) is 4.90 Å². The second-order valence-corrected chi connectivity index (χ2v) is 5.44. The Morgan fingerprint density at radius 1 is 1.13 bits per heavy atom. The molecule has 122 valence electrons. The molecule has 0 saturated heterocycles. The molecule has 2 rings (SSSR count). The van der Waals surface area contributed by atoms with Gasteiger partial charge in [-0.3, -0.25) is 9.59 Å². The fraction of sp³-hybridized carbons (Fsp3) is 0.333. The van der Waals surface area contributed by atoms with E-state index >= 15 is 0 Å². The van der Waals surface area contributed by atoms with Crippen LogP contribution in [-0.2, 0) is 11.2 Å². The monoisotopic (exact) mass is 315 g/mol. The molecule has 1 amide bonds. The number of benzene rings is 1. The number of furan rings is 1. The van der Waals surface area contributed by atoms with Crippen LogP contribution in [0.1, 0.15) is 35.9 Å². The first-order chi connectivity index (χ1) is 11.0. The minimum absolute atomic E-state index is 0.0464. The number of aliphatic carboxylic acids is 1. The predicted octanol–water partition coefficient (Wildman–Crippen LogP) is 3.45. The Kier molecular flexibility index (Phi) is 5.57. The van der Waals surface area contributed by atoms with Crippen molar-refractivity contribution in [3.05, 3.63) is 47.7 Å². The topological polar surface area (TPSA) is 70.8 Å². The van der Waals surface area contributed by atoms with Gasteiger partial charge in [-0.1, -0.05) is 31.2 Å². The van der Waals surface area contributed by atoms with E-state index in [1.807, 2.05) is 24.3 Å². The summed E-state index contributed by atoms with van der Waals surface area (Å²) in [6.45, 7) is 2.48. The number of carbonyl (C=O) groups is 2. The first-order valence-electron chi connectivity index (χ1n) is 7.67. The number of nitrogens with zero attached hydrogens (tertiary/aromatic N) is 1. The number of aryl methyl sites for hydroxylation is 1. The molecule has 0 fully saturated rings. The molecule has 5 heteroatoms. The zero-order valence-electron chi connectivity index (χ0n) is 13.4. The summed E-state index contributed by atoms with van der Waals surface area (Å²) in [7, 11) is 1.64. The van der Waals surface area contributed by atoms with Crippen molar-refractivity contribution >= 4 is 11.9 Å². The van der Waals surface area contributed by atoms with Gasteiger partial charge in [-0.15, -0.1) is 0 Å². The van der Waals surface area contributed by atoms with Crippen LogP contribution in [0.3, 0.4) is 0 Å². The molecule has 0 aliphatic carbocycles. The largest absolute Gasteiger partial charge is 0.481 e. The fourth-order valence-corrected chi connectivity index (χ4v) is 2.27. The molecule has 0 spiro atoms. The molecule has 0 unspecified atom stereocenters. The number of hydrogen-bond donors (Lipinski definition) is 1. The first kappa shape index (κ1) is 16.8. The van der Waals surface area contributed by atoms with Crippen molar-refractivity contribution < 1.29 is 19.1 Å². The van der Waals surface area contributed by atoms with E-state index in [0.29, 0.717) is 18.7 Å². The van der Waals surface area contributed by atoms with E-state index in [9.17, 15) is 9.59 Å². The van der Waals surface area contributed by atoms with E-state index in [0.717, 1.165) is 12.0 Å². The van der Waals surface area contributed by atoms with Crippen molar-refractivity contribution in [2.45, 2.75) is 26.2 Å². The van der Waals surface area contributed by atoms with Crippen molar-refractivity contribution in [2.24, 2.45) is 0 Å². The molecule has 0 bridgehead atoms. The summed E-state index contributed by atoms with van der Waals surface area (Å²) in [6, 6.07) is 11.5. The second kappa shape index (κ2) is 7.63. The van der Waals surface area contributed by atoms with Gasteiger partial charge in [-0.25, -0.2) is 0 Å².